The highest BCUT2D eigenvalue weighted by molar-refractivity contribution is 5.82. The molecule has 0 spiro atoms. The Labute approximate surface area is 104 Å². The van der Waals surface area contributed by atoms with Crippen molar-refractivity contribution in [3.8, 4) is 0 Å². The van der Waals surface area contributed by atoms with Gasteiger partial charge in [-0.05, 0) is 6.92 Å². The summed E-state index contributed by atoms with van der Waals surface area (Å²) in [6.07, 6.45) is 0.644. The maximum atomic E-state index is 11.6. The third-order valence-corrected chi connectivity index (χ3v) is 3.27. The van der Waals surface area contributed by atoms with Gasteiger partial charge in [-0.25, -0.2) is 0 Å². The van der Waals surface area contributed by atoms with Crippen molar-refractivity contribution in [2.24, 2.45) is 5.92 Å². The van der Waals surface area contributed by atoms with Crippen molar-refractivity contribution in [1.82, 2.24) is 9.80 Å². The summed E-state index contributed by atoms with van der Waals surface area (Å²) in [5.74, 6) is 0.704. The third-order valence-electron chi connectivity index (χ3n) is 3.27. The molecule has 17 heavy (non-hydrogen) atoms. The van der Waals surface area contributed by atoms with E-state index in [1.54, 1.807) is 6.92 Å². The van der Waals surface area contributed by atoms with E-state index >= 15 is 0 Å². The fourth-order valence-corrected chi connectivity index (χ4v) is 1.89. The van der Waals surface area contributed by atoms with E-state index < -0.39 is 0 Å². The number of ketones is 2. The molecule has 0 unspecified atom stereocenters. The third kappa shape index (κ3) is 5.41. The molecule has 4 heteroatoms. The molecular formula is C13H24N2O2. The molecule has 1 aliphatic heterocycles. The Balaban J connectivity index is 2.21. The monoisotopic (exact) mass is 240 g/mol. The van der Waals surface area contributed by atoms with Crippen LogP contribution in [0.3, 0.4) is 0 Å². The van der Waals surface area contributed by atoms with Gasteiger partial charge in [0.25, 0.3) is 0 Å². The van der Waals surface area contributed by atoms with Crippen LogP contribution in [0.5, 0.6) is 0 Å². The number of carbonyl (C=O) groups excluding carboxylic acids is 2. The molecule has 0 saturated carbocycles. The maximum absolute atomic E-state index is 11.6. The van der Waals surface area contributed by atoms with Crippen LogP contribution in [-0.2, 0) is 9.59 Å². The van der Waals surface area contributed by atoms with E-state index in [1.165, 1.54) is 0 Å². The summed E-state index contributed by atoms with van der Waals surface area (Å²) in [4.78, 5) is 27.0. The van der Waals surface area contributed by atoms with Crippen LogP contribution < -0.4 is 0 Å². The molecule has 0 bridgehead atoms. The second-order valence-corrected chi connectivity index (χ2v) is 5.19. The Morgan fingerprint density at radius 3 is 2.06 bits per heavy atom. The van der Waals surface area contributed by atoms with Gasteiger partial charge in [-0.1, -0.05) is 13.8 Å². The lowest BCUT2D eigenvalue weighted by Gasteiger charge is -2.34. The first-order valence-corrected chi connectivity index (χ1v) is 6.46. The first-order chi connectivity index (χ1) is 7.99. The molecule has 1 rings (SSSR count). The second kappa shape index (κ2) is 6.87. The van der Waals surface area contributed by atoms with E-state index in [0.717, 1.165) is 32.7 Å². The standard InChI is InChI=1S/C13H24N2O2/c1-11(2)13(17)10-15-8-6-14(7-9-15)5-4-12(3)16/h11H,4-10H2,1-3H3. The topological polar surface area (TPSA) is 40.6 Å². The number of hydrogen-bond acceptors (Lipinski definition) is 4. The van der Waals surface area contributed by atoms with Crippen LogP contribution in [0.15, 0.2) is 0 Å². The lowest BCUT2D eigenvalue weighted by Crippen LogP contribution is -2.48. The lowest BCUT2D eigenvalue weighted by molar-refractivity contribution is -0.123. The van der Waals surface area contributed by atoms with Crippen molar-refractivity contribution < 1.29 is 9.59 Å². The van der Waals surface area contributed by atoms with Gasteiger partial charge in [-0.2, -0.15) is 0 Å². The molecule has 1 fully saturated rings. The summed E-state index contributed by atoms with van der Waals surface area (Å²) in [6, 6.07) is 0. The first kappa shape index (κ1) is 14.3. The highest BCUT2D eigenvalue weighted by Crippen LogP contribution is 2.05. The molecule has 0 amide bonds. The van der Waals surface area contributed by atoms with Gasteiger partial charge in [-0.3, -0.25) is 14.5 Å². The fourth-order valence-electron chi connectivity index (χ4n) is 1.89. The molecule has 0 radical (unpaired) electrons. The summed E-state index contributed by atoms with van der Waals surface area (Å²) in [6.45, 7) is 10.8. The van der Waals surface area contributed by atoms with Crippen molar-refractivity contribution in [3.05, 3.63) is 0 Å². The molecule has 0 aromatic rings. The molecular weight excluding hydrogens is 216 g/mol. The minimum atomic E-state index is 0.130. The van der Waals surface area contributed by atoms with E-state index in [0.29, 0.717) is 18.7 Å². The Hall–Kier alpha value is -0.740. The summed E-state index contributed by atoms with van der Waals surface area (Å²) in [5, 5.41) is 0. The lowest BCUT2D eigenvalue weighted by atomic mass is 10.1. The molecule has 1 aliphatic rings. The van der Waals surface area contributed by atoms with Gasteiger partial charge >= 0.3 is 0 Å². The Morgan fingerprint density at radius 2 is 1.59 bits per heavy atom. The van der Waals surface area contributed by atoms with E-state index in [2.05, 4.69) is 9.80 Å². The number of Topliss-reactive ketones (excluding diaryl/α,β-unsaturated/α-hetero) is 2. The molecule has 98 valence electrons. The van der Waals surface area contributed by atoms with Gasteiger partial charge in [-0.15, -0.1) is 0 Å². The Morgan fingerprint density at radius 1 is 1.06 bits per heavy atom. The summed E-state index contributed by atoms with van der Waals surface area (Å²) in [7, 11) is 0. The van der Waals surface area contributed by atoms with Crippen LogP contribution in [-0.4, -0.2) is 60.6 Å². The maximum Gasteiger partial charge on any atom is 0.149 e. The quantitative estimate of drug-likeness (QED) is 0.689. The average molecular weight is 240 g/mol. The highest BCUT2D eigenvalue weighted by Gasteiger charge is 2.19. The number of rotatable bonds is 6. The van der Waals surface area contributed by atoms with Crippen LogP contribution in [0.2, 0.25) is 0 Å². The number of hydrogen-bond donors (Lipinski definition) is 0. The Bertz CT molecular complexity index is 269. The van der Waals surface area contributed by atoms with E-state index in [1.807, 2.05) is 13.8 Å². The number of nitrogens with zero attached hydrogens (tertiary/aromatic N) is 2. The smallest absolute Gasteiger partial charge is 0.149 e. The van der Waals surface area contributed by atoms with Gasteiger partial charge in [0.1, 0.15) is 11.6 Å². The molecule has 0 N–H and O–H groups in total. The van der Waals surface area contributed by atoms with E-state index in [9.17, 15) is 9.59 Å². The van der Waals surface area contributed by atoms with Crippen molar-refractivity contribution in [2.45, 2.75) is 27.2 Å². The van der Waals surface area contributed by atoms with Crippen molar-refractivity contribution in [2.75, 3.05) is 39.3 Å². The highest BCUT2D eigenvalue weighted by atomic mass is 16.1. The van der Waals surface area contributed by atoms with E-state index in [-0.39, 0.29) is 11.7 Å². The van der Waals surface area contributed by atoms with Gasteiger partial charge < -0.3 is 4.90 Å². The normalized spacial score (nSPS) is 18.6. The van der Waals surface area contributed by atoms with Crippen molar-refractivity contribution >= 4 is 11.6 Å². The number of piperazine rings is 1. The fraction of sp³-hybridized carbons (Fsp3) is 0.846. The molecule has 0 aromatic heterocycles. The predicted octanol–water partition coefficient (Wildman–Crippen LogP) is 0.808. The van der Waals surface area contributed by atoms with Crippen LogP contribution in [0, 0.1) is 5.92 Å². The molecule has 1 heterocycles. The van der Waals surface area contributed by atoms with Crippen LogP contribution >= 0.6 is 0 Å². The van der Waals surface area contributed by atoms with Gasteiger partial charge in [0.2, 0.25) is 0 Å². The zero-order chi connectivity index (χ0) is 12.8. The predicted molar refractivity (Wildman–Crippen MR) is 68.0 cm³/mol. The van der Waals surface area contributed by atoms with Crippen LogP contribution in [0.25, 0.3) is 0 Å². The minimum absolute atomic E-state index is 0.130. The minimum Gasteiger partial charge on any atom is -0.300 e. The van der Waals surface area contributed by atoms with E-state index in [4.69, 9.17) is 0 Å². The SMILES string of the molecule is CC(=O)CCN1CCN(CC(=O)C(C)C)CC1. The van der Waals surface area contributed by atoms with Crippen molar-refractivity contribution in [3.63, 3.8) is 0 Å². The zero-order valence-corrected chi connectivity index (χ0v) is 11.2. The summed E-state index contributed by atoms with van der Waals surface area (Å²) in [5.41, 5.74) is 0. The first-order valence-electron chi connectivity index (χ1n) is 6.46. The molecule has 0 aliphatic carbocycles. The molecule has 0 atom stereocenters. The van der Waals surface area contributed by atoms with Crippen LogP contribution in [0.4, 0.5) is 0 Å². The Kier molecular flexibility index (Phi) is 5.78. The molecule has 1 saturated heterocycles. The van der Waals surface area contributed by atoms with Crippen LogP contribution in [0.1, 0.15) is 27.2 Å². The number of carbonyl (C=O) groups is 2. The van der Waals surface area contributed by atoms with Gasteiger partial charge in [0.05, 0.1) is 6.54 Å². The largest absolute Gasteiger partial charge is 0.300 e. The summed E-state index contributed by atoms with van der Waals surface area (Å²) >= 11 is 0. The average Bonchev–Trinajstić information content (AvgIpc) is 2.28. The second-order valence-electron chi connectivity index (χ2n) is 5.19. The van der Waals surface area contributed by atoms with Gasteiger partial charge in [0.15, 0.2) is 0 Å². The summed E-state index contributed by atoms with van der Waals surface area (Å²) < 4.78 is 0. The molecule has 4 nitrogen and oxygen atoms in total. The molecule has 0 aromatic carbocycles. The van der Waals surface area contributed by atoms with Crippen molar-refractivity contribution in [1.29, 1.82) is 0 Å². The zero-order valence-electron chi connectivity index (χ0n) is 11.2. The van der Waals surface area contributed by atoms with Gasteiger partial charge in [0, 0.05) is 45.1 Å².